The van der Waals surface area contributed by atoms with Gasteiger partial charge in [-0.25, -0.2) is 0 Å². The average Bonchev–Trinajstić information content (AvgIpc) is 2.55. The Labute approximate surface area is 139 Å². The molecular formula is C16H23F3N4O. The minimum atomic E-state index is -4.40. The molecule has 0 aliphatic heterocycles. The van der Waals surface area contributed by atoms with Gasteiger partial charge >= 0.3 is 6.18 Å². The van der Waals surface area contributed by atoms with Gasteiger partial charge in [0.25, 0.3) is 5.91 Å². The molecule has 3 N–H and O–H groups in total. The van der Waals surface area contributed by atoms with Gasteiger partial charge in [-0.1, -0.05) is 6.92 Å². The maximum atomic E-state index is 12.5. The summed E-state index contributed by atoms with van der Waals surface area (Å²) < 4.78 is 37.4. The van der Waals surface area contributed by atoms with E-state index >= 15 is 0 Å². The molecule has 134 valence electrons. The van der Waals surface area contributed by atoms with E-state index in [0.29, 0.717) is 25.6 Å². The third-order valence-corrected chi connectivity index (χ3v) is 3.02. The molecule has 5 nitrogen and oxygen atoms in total. The van der Waals surface area contributed by atoms with Gasteiger partial charge in [-0.15, -0.1) is 0 Å². The highest BCUT2D eigenvalue weighted by atomic mass is 19.4. The van der Waals surface area contributed by atoms with Crippen molar-refractivity contribution in [3.63, 3.8) is 0 Å². The van der Waals surface area contributed by atoms with E-state index in [0.717, 1.165) is 25.1 Å². The van der Waals surface area contributed by atoms with E-state index < -0.39 is 17.6 Å². The van der Waals surface area contributed by atoms with Crippen molar-refractivity contribution in [2.24, 2.45) is 4.99 Å². The summed E-state index contributed by atoms with van der Waals surface area (Å²) in [5.74, 6) is 0.254. The zero-order chi connectivity index (χ0) is 18.0. The van der Waals surface area contributed by atoms with Crippen LogP contribution < -0.4 is 16.0 Å². The van der Waals surface area contributed by atoms with Gasteiger partial charge in [-0.05, 0) is 37.6 Å². The molecule has 0 spiro atoms. The Kier molecular flexibility index (Phi) is 8.08. The molecule has 0 saturated carbocycles. The van der Waals surface area contributed by atoms with Crippen molar-refractivity contribution in [2.45, 2.75) is 26.4 Å². The molecule has 1 amide bonds. The number of hydrogen-bond acceptors (Lipinski definition) is 2. The van der Waals surface area contributed by atoms with Crippen molar-refractivity contribution in [1.29, 1.82) is 0 Å². The fourth-order valence-electron chi connectivity index (χ4n) is 1.83. The van der Waals surface area contributed by atoms with Gasteiger partial charge in [-0.2, -0.15) is 13.2 Å². The molecule has 1 rings (SSSR count). The first-order valence-corrected chi connectivity index (χ1v) is 7.86. The summed E-state index contributed by atoms with van der Waals surface area (Å²) in [7, 11) is 0. The predicted molar refractivity (Wildman–Crippen MR) is 88.0 cm³/mol. The highest BCUT2D eigenvalue weighted by Crippen LogP contribution is 2.28. The number of nitrogens with zero attached hydrogens (tertiary/aromatic N) is 1. The monoisotopic (exact) mass is 344 g/mol. The standard InChI is InChI=1S/C16H23F3N4O/c1-3-9-22-15(20-4-2)23-11-10-21-14(24)12-5-7-13(8-6-12)16(17,18)19/h5-8H,3-4,9-11H2,1-2H3,(H,21,24)(H2,20,22,23). The van der Waals surface area contributed by atoms with Gasteiger partial charge in [-0.3, -0.25) is 9.79 Å². The van der Waals surface area contributed by atoms with Gasteiger partial charge in [0.05, 0.1) is 5.56 Å². The van der Waals surface area contributed by atoms with Crippen molar-refractivity contribution in [3.8, 4) is 0 Å². The number of hydrogen-bond donors (Lipinski definition) is 3. The van der Waals surface area contributed by atoms with Crippen LogP contribution in [0.2, 0.25) is 0 Å². The first-order chi connectivity index (χ1) is 11.4. The molecule has 1 aromatic rings. The number of alkyl halides is 3. The molecule has 0 aliphatic carbocycles. The number of rotatable bonds is 7. The molecule has 0 bridgehead atoms. The normalized spacial score (nSPS) is 12.0. The van der Waals surface area contributed by atoms with Crippen LogP contribution in [0, 0.1) is 0 Å². The van der Waals surface area contributed by atoms with Crippen molar-refractivity contribution in [3.05, 3.63) is 35.4 Å². The average molecular weight is 344 g/mol. The lowest BCUT2D eigenvalue weighted by molar-refractivity contribution is -0.137. The van der Waals surface area contributed by atoms with Crippen molar-refractivity contribution < 1.29 is 18.0 Å². The number of halogens is 3. The van der Waals surface area contributed by atoms with Gasteiger partial charge in [0.2, 0.25) is 0 Å². The second-order valence-electron chi connectivity index (χ2n) is 5.02. The summed E-state index contributed by atoms with van der Waals surface area (Å²) in [4.78, 5) is 16.2. The van der Waals surface area contributed by atoms with Crippen LogP contribution in [0.1, 0.15) is 36.2 Å². The van der Waals surface area contributed by atoms with Crippen molar-refractivity contribution >= 4 is 11.9 Å². The van der Waals surface area contributed by atoms with E-state index in [-0.39, 0.29) is 5.56 Å². The Morgan fingerprint density at radius 2 is 1.67 bits per heavy atom. The predicted octanol–water partition coefficient (Wildman–Crippen LogP) is 2.40. The fraction of sp³-hybridized carbons (Fsp3) is 0.500. The first kappa shape index (κ1) is 19.8. The molecule has 0 aliphatic rings. The zero-order valence-electron chi connectivity index (χ0n) is 13.8. The first-order valence-electron chi connectivity index (χ1n) is 7.86. The Bertz CT molecular complexity index is 541. The van der Waals surface area contributed by atoms with Crippen LogP contribution in [-0.2, 0) is 6.18 Å². The topological polar surface area (TPSA) is 65.5 Å². The molecule has 0 unspecified atom stereocenters. The minimum Gasteiger partial charge on any atom is -0.357 e. The molecule has 0 atom stereocenters. The molecule has 8 heteroatoms. The Morgan fingerprint density at radius 3 is 2.21 bits per heavy atom. The third kappa shape index (κ3) is 6.89. The van der Waals surface area contributed by atoms with Crippen LogP contribution in [0.25, 0.3) is 0 Å². The number of carbonyl (C=O) groups is 1. The number of aliphatic imine (C=N–C) groups is 1. The molecule has 0 heterocycles. The number of amides is 1. The second kappa shape index (κ2) is 9.79. The number of nitrogens with one attached hydrogen (secondary N) is 3. The molecule has 0 radical (unpaired) electrons. The summed E-state index contributed by atoms with van der Waals surface area (Å²) in [6, 6.07) is 4.12. The lowest BCUT2D eigenvalue weighted by atomic mass is 10.1. The van der Waals surface area contributed by atoms with E-state index in [4.69, 9.17) is 0 Å². The van der Waals surface area contributed by atoms with E-state index in [1.807, 2.05) is 13.8 Å². The highest BCUT2D eigenvalue weighted by Gasteiger charge is 2.30. The lowest BCUT2D eigenvalue weighted by Crippen LogP contribution is -2.41. The molecule has 24 heavy (non-hydrogen) atoms. The minimum absolute atomic E-state index is 0.189. The van der Waals surface area contributed by atoms with Gasteiger partial charge < -0.3 is 16.0 Å². The molecule has 0 saturated heterocycles. The van der Waals surface area contributed by atoms with Crippen LogP contribution in [0.5, 0.6) is 0 Å². The van der Waals surface area contributed by atoms with Crippen molar-refractivity contribution in [1.82, 2.24) is 16.0 Å². The molecule has 0 aromatic heterocycles. The Balaban J connectivity index is 2.43. The molecule has 1 aromatic carbocycles. The SMILES string of the molecule is CCCN=C(NCC)NCCNC(=O)c1ccc(C(F)(F)F)cc1. The maximum Gasteiger partial charge on any atom is 0.416 e. The van der Waals surface area contributed by atoms with Gasteiger partial charge in [0, 0.05) is 31.7 Å². The summed E-state index contributed by atoms with van der Waals surface area (Å²) in [6.07, 6.45) is -3.47. The molecular weight excluding hydrogens is 321 g/mol. The summed E-state index contributed by atoms with van der Waals surface area (Å²) in [5.41, 5.74) is -0.585. The second-order valence-corrected chi connectivity index (χ2v) is 5.02. The maximum absolute atomic E-state index is 12.5. The van der Waals surface area contributed by atoms with Crippen LogP contribution in [0.4, 0.5) is 13.2 Å². The number of guanidine groups is 1. The van der Waals surface area contributed by atoms with Crippen LogP contribution in [-0.4, -0.2) is 38.0 Å². The summed E-state index contributed by atoms with van der Waals surface area (Å²) >= 11 is 0. The Morgan fingerprint density at radius 1 is 1.04 bits per heavy atom. The smallest absolute Gasteiger partial charge is 0.357 e. The quantitative estimate of drug-likeness (QED) is 0.404. The number of benzene rings is 1. The third-order valence-electron chi connectivity index (χ3n) is 3.02. The van der Waals surface area contributed by atoms with Gasteiger partial charge in [0.15, 0.2) is 5.96 Å². The highest BCUT2D eigenvalue weighted by molar-refractivity contribution is 5.94. The van der Waals surface area contributed by atoms with Crippen LogP contribution in [0.15, 0.2) is 29.3 Å². The van der Waals surface area contributed by atoms with Crippen molar-refractivity contribution in [2.75, 3.05) is 26.2 Å². The lowest BCUT2D eigenvalue weighted by Gasteiger charge is -2.12. The molecule has 0 fully saturated rings. The number of carbonyl (C=O) groups excluding carboxylic acids is 1. The summed E-state index contributed by atoms with van der Waals surface area (Å²) in [6.45, 7) is 6.20. The van der Waals surface area contributed by atoms with E-state index in [2.05, 4.69) is 20.9 Å². The van der Waals surface area contributed by atoms with E-state index in [9.17, 15) is 18.0 Å². The summed E-state index contributed by atoms with van der Waals surface area (Å²) in [5, 5.41) is 8.79. The van der Waals surface area contributed by atoms with E-state index in [1.54, 1.807) is 0 Å². The zero-order valence-corrected chi connectivity index (χ0v) is 13.8. The van der Waals surface area contributed by atoms with Crippen LogP contribution >= 0.6 is 0 Å². The van der Waals surface area contributed by atoms with E-state index in [1.165, 1.54) is 12.1 Å². The van der Waals surface area contributed by atoms with Gasteiger partial charge in [0.1, 0.15) is 0 Å². The Hall–Kier alpha value is -2.25. The largest absolute Gasteiger partial charge is 0.416 e. The fourth-order valence-corrected chi connectivity index (χ4v) is 1.83. The van der Waals surface area contributed by atoms with Crippen LogP contribution in [0.3, 0.4) is 0 Å².